The van der Waals surface area contributed by atoms with Crippen LogP contribution >= 0.6 is 11.3 Å². The molecule has 1 atom stereocenters. The topological polar surface area (TPSA) is 63.2 Å². The second-order valence-electron chi connectivity index (χ2n) is 8.83. The van der Waals surface area contributed by atoms with Crippen molar-refractivity contribution in [3.63, 3.8) is 0 Å². The smallest absolute Gasteiger partial charge is 0.306 e. The van der Waals surface area contributed by atoms with E-state index in [0.717, 1.165) is 28.0 Å². The van der Waals surface area contributed by atoms with Crippen LogP contribution < -0.4 is 4.74 Å². The number of esters is 1. The lowest BCUT2D eigenvalue weighted by molar-refractivity contribution is -0.148. The van der Waals surface area contributed by atoms with E-state index in [1.165, 1.54) is 24.5 Å². The maximum atomic E-state index is 15.0. The van der Waals surface area contributed by atoms with Gasteiger partial charge in [-0.2, -0.15) is 0 Å². The zero-order chi connectivity index (χ0) is 25.7. The third-order valence-corrected chi connectivity index (χ3v) is 7.77. The predicted octanol–water partition coefficient (Wildman–Crippen LogP) is 5.84. The summed E-state index contributed by atoms with van der Waals surface area (Å²) in [6, 6.07) is 15.2. The average Bonchev–Trinajstić information content (AvgIpc) is 3.50. The van der Waals surface area contributed by atoms with Crippen molar-refractivity contribution < 1.29 is 32.9 Å². The third kappa shape index (κ3) is 5.95. The number of benzene rings is 2. The molecule has 8 heteroatoms. The molecule has 1 unspecified atom stereocenters. The first-order valence-corrected chi connectivity index (χ1v) is 12.6. The third-order valence-electron chi connectivity index (χ3n) is 6.36. The van der Waals surface area contributed by atoms with E-state index in [0.29, 0.717) is 36.2 Å². The highest BCUT2D eigenvalue weighted by atomic mass is 32.1. The molecule has 2 heterocycles. The van der Waals surface area contributed by atoms with Gasteiger partial charge in [0.2, 0.25) is 5.79 Å². The van der Waals surface area contributed by atoms with E-state index < -0.39 is 11.6 Å². The Morgan fingerprint density at radius 1 is 1.08 bits per heavy atom. The van der Waals surface area contributed by atoms with Gasteiger partial charge in [-0.15, -0.1) is 11.3 Å². The minimum atomic E-state index is -1.11. The fourth-order valence-corrected chi connectivity index (χ4v) is 5.43. The average molecular weight is 515 g/mol. The van der Waals surface area contributed by atoms with Crippen LogP contribution in [0, 0.1) is 12.7 Å². The van der Waals surface area contributed by atoms with Crippen molar-refractivity contribution in [3.8, 4) is 5.75 Å². The van der Waals surface area contributed by atoms with E-state index in [2.05, 4.69) is 0 Å². The number of carbonyl (C=O) groups excluding carboxylic acids is 1. The highest BCUT2D eigenvalue weighted by Gasteiger charge is 2.38. The van der Waals surface area contributed by atoms with Gasteiger partial charge < -0.3 is 23.7 Å². The van der Waals surface area contributed by atoms with Crippen LogP contribution in [-0.4, -0.2) is 33.4 Å². The van der Waals surface area contributed by atoms with Gasteiger partial charge in [-0.25, -0.2) is 4.39 Å². The van der Waals surface area contributed by atoms with Gasteiger partial charge in [0.25, 0.3) is 0 Å². The summed E-state index contributed by atoms with van der Waals surface area (Å²) in [6.07, 6.45) is 0.0868. The molecule has 1 aromatic heterocycles. The van der Waals surface area contributed by atoms with Gasteiger partial charge >= 0.3 is 5.97 Å². The second-order valence-corrected chi connectivity index (χ2v) is 9.91. The number of carbonyl (C=O) groups is 1. The SMILES string of the molecule is COC(=O)CC(c1ccc(C)c(COCc2ccc(OC)cc2)c1)c1cc(F)c(C2(C)OCCO2)s1. The van der Waals surface area contributed by atoms with Crippen molar-refractivity contribution in [2.45, 2.75) is 45.2 Å². The molecule has 0 amide bonds. The number of aryl methyl sites for hydroxylation is 1. The van der Waals surface area contributed by atoms with Gasteiger partial charge in [0.1, 0.15) is 11.6 Å². The molecule has 0 aliphatic carbocycles. The summed E-state index contributed by atoms with van der Waals surface area (Å²) < 4.78 is 42.5. The van der Waals surface area contributed by atoms with Crippen LogP contribution in [0.3, 0.4) is 0 Å². The molecule has 2 aromatic carbocycles. The summed E-state index contributed by atoms with van der Waals surface area (Å²) in [7, 11) is 2.99. The highest BCUT2D eigenvalue weighted by Crippen LogP contribution is 2.42. The van der Waals surface area contributed by atoms with E-state index in [-0.39, 0.29) is 18.3 Å². The molecule has 0 spiro atoms. The predicted molar refractivity (Wildman–Crippen MR) is 135 cm³/mol. The molecular weight excluding hydrogens is 483 g/mol. The van der Waals surface area contributed by atoms with E-state index >= 15 is 4.39 Å². The van der Waals surface area contributed by atoms with Crippen molar-refractivity contribution in [1.82, 2.24) is 0 Å². The van der Waals surface area contributed by atoms with Crippen LogP contribution in [0.1, 0.15) is 51.3 Å². The molecule has 1 aliphatic rings. The van der Waals surface area contributed by atoms with Crippen molar-refractivity contribution in [3.05, 3.63) is 86.4 Å². The molecule has 6 nitrogen and oxygen atoms in total. The minimum absolute atomic E-state index is 0.0868. The van der Waals surface area contributed by atoms with Crippen LogP contribution in [0.25, 0.3) is 0 Å². The minimum Gasteiger partial charge on any atom is -0.497 e. The van der Waals surface area contributed by atoms with Crippen LogP contribution in [0.4, 0.5) is 4.39 Å². The molecule has 36 heavy (non-hydrogen) atoms. The summed E-state index contributed by atoms with van der Waals surface area (Å²) >= 11 is 1.26. The second kappa shape index (κ2) is 11.5. The van der Waals surface area contributed by atoms with Gasteiger partial charge in [-0.05, 0) is 54.3 Å². The first kappa shape index (κ1) is 26.3. The van der Waals surface area contributed by atoms with Gasteiger partial charge in [0.15, 0.2) is 0 Å². The summed E-state index contributed by atoms with van der Waals surface area (Å²) in [6.45, 7) is 5.42. The van der Waals surface area contributed by atoms with E-state index in [4.69, 9.17) is 23.7 Å². The number of hydrogen-bond donors (Lipinski definition) is 0. The Hall–Kier alpha value is -2.78. The number of halogens is 1. The molecule has 1 aliphatic heterocycles. The van der Waals surface area contributed by atoms with Crippen LogP contribution in [-0.2, 0) is 42.7 Å². The summed E-state index contributed by atoms with van der Waals surface area (Å²) in [5.74, 6) is -1.46. The first-order chi connectivity index (χ1) is 17.3. The van der Waals surface area contributed by atoms with Crippen molar-refractivity contribution in [2.24, 2.45) is 0 Å². The van der Waals surface area contributed by atoms with Crippen LogP contribution in [0.15, 0.2) is 48.5 Å². The van der Waals surface area contributed by atoms with Crippen molar-refractivity contribution >= 4 is 17.3 Å². The number of rotatable bonds is 10. The quantitative estimate of drug-likeness (QED) is 0.317. The Morgan fingerprint density at radius 2 is 1.81 bits per heavy atom. The molecule has 3 aromatic rings. The fourth-order valence-electron chi connectivity index (χ4n) is 4.21. The molecule has 192 valence electrons. The van der Waals surface area contributed by atoms with Gasteiger partial charge in [0.05, 0.1) is 51.9 Å². The Balaban J connectivity index is 1.56. The monoisotopic (exact) mass is 514 g/mol. The van der Waals surface area contributed by atoms with Gasteiger partial charge in [-0.3, -0.25) is 4.79 Å². The normalized spacial score (nSPS) is 15.6. The zero-order valence-electron chi connectivity index (χ0n) is 21.0. The Morgan fingerprint density at radius 3 is 2.47 bits per heavy atom. The first-order valence-electron chi connectivity index (χ1n) is 11.8. The lowest BCUT2D eigenvalue weighted by Gasteiger charge is -2.21. The molecule has 1 fully saturated rings. The number of hydrogen-bond acceptors (Lipinski definition) is 7. The Kier molecular flexibility index (Phi) is 8.41. The molecule has 0 bridgehead atoms. The molecule has 1 saturated heterocycles. The Labute approximate surface area is 214 Å². The summed E-state index contributed by atoms with van der Waals surface area (Å²) in [5.41, 5.74) is 4.01. The van der Waals surface area contributed by atoms with Crippen molar-refractivity contribution in [2.75, 3.05) is 27.4 Å². The zero-order valence-corrected chi connectivity index (χ0v) is 21.8. The largest absolute Gasteiger partial charge is 0.497 e. The van der Waals surface area contributed by atoms with Gasteiger partial charge in [-0.1, -0.05) is 30.3 Å². The fraction of sp³-hybridized carbons (Fsp3) is 0.393. The number of thiophene rings is 1. The summed E-state index contributed by atoms with van der Waals surface area (Å²) in [4.78, 5) is 13.4. The van der Waals surface area contributed by atoms with E-state index in [1.54, 1.807) is 14.0 Å². The maximum absolute atomic E-state index is 15.0. The van der Waals surface area contributed by atoms with Crippen molar-refractivity contribution in [1.29, 1.82) is 0 Å². The number of methoxy groups -OCH3 is 2. The molecule has 0 N–H and O–H groups in total. The Bertz CT molecular complexity index is 1180. The van der Waals surface area contributed by atoms with Crippen LogP contribution in [0.2, 0.25) is 0 Å². The van der Waals surface area contributed by atoms with E-state index in [9.17, 15) is 4.79 Å². The standard InChI is InChI=1S/C28H31FO6S/c1-18-5-8-20(13-21(18)17-33-16-19-6-9-22(31-3)10-7-19)23(14-26(30)32-4)25-15-24(29)27(36-25)28(2)34-11-12-35-28/h5-10,13,15,23H,11-12,14,16-17H2,1-4H3. The molecular formula is C28H31FO6S. The molecule has 0 radical (unpaired) electrons. The van der Waals surface area contributed by atoms with Crippen LogP contribution in [0.5, 0.6) is 5.75 Å². The lowest BCUT2D eigenvalue weighted by Crippen LogP contribution is -2.22. The molecule has 0 saturated carbocycles. The number of ether oxygens (including phenoxy) is 5. The summed E-state index contributed by atoms with van der Waals surface area (Å²) in [5, 5.41) is 0. The highest BCUT2D eigenvalue weighted by molar-refractivity contribution is 7.12. The van der Waals surface area contributed by atoms with Gasteiger partial charge in [0, 0.05) is 10.8 Å². The molecule has 4 rings (SSSR count). The maximum Gasteiger partial charge on any atom is 0.306 e. The van der Waals surface area contributed by atoms with E-state index in [1.807, 2.05) is 49.4 Å². The lowest BCUT2D eigenvalue weighted by atomic mass is 9.91.